The van der Waals surface area contributed by atoms with Crippen LogP contribution in [0.1, 0.15) is 19.3 Å². The Morgan fingerprint density at radius 1 is 1.50 bits per heavy atom. The second-order valence-corrected chi connectivity index (χ2v) is 11.0. The van der Waals surface area contributed by atoms with Gasteiger partial charge in [-0.2, -0.15) is 0 Å². The molecule has 1 heterocycles. The van der Waals surface area contributed by atoms with Crippen LogP contribution in [0, 0.1) is 0 Å². The average molecular weight is 261 g/mol. The van der Waals surface area contributed by atoms with Crippen molar-refractivity contribution in [3.8, 4) is 0 Å². The summed E-state index contributed by atoms with van der Waals surface area (Å²) in [4.78, 5) is 10.1. The molecule has 1 saturated heterocycles. The van der Waals surface area contributed by atoms with Crippen LogP contribution in [0.25, 0.3) is 0 Å². The summed E-state index contributed by atoms with van der Waals surface area (Å²) < 4.78 is 11.9. The summed E-state index contributed by atoms with van der Waals surface area (Å²) in [6.45, 7) is 6.09. The van der Waals surface area contributed by atoms with Gasteiger partial charge in [0, 0.05) is 13.2 Å². The molecule has 2 atom stereocenters. The zero-order valence-electron chi connectivity index (χ0n) is 10.3. The molecule has 0 aliphatic carbocycles. The summed E-state index contributed by atoms with van der Waals surface area (Å²) in [5, 5.41) is 2.71. The molecule has 6 heteroatoms. The van der Waals surface area contributed by atoms with Gasteiger partial charge in [-0.3, -0.25) is 4.79 Å². The number of carbonyl (C=O) groups excluding carboxylic acids is 1. The minimum Gasteiger partial charge on any atom is -0.438 e. The molecule has 1 aliphatic rings. The van der Waals surface area contributed by atoms with Crippen LogP contribution in [0.2, 0.25) is 25.2 Å². The lowest BCUT2D eigenvalue weighted by atomic mass is 10.4. The van der Waals surface area contributed by atoms with Gasteiger partial charge in [-0.05, 0) is 38.0 Å². The van der Waals surface area contributed by atoms with Gasteiger partial charge >= 0.3 is 9.28 Å². The molecule has 1 rings (SSSR count). The maximum Gasteiger partial charge on any atom is 0.307 e. The molecule has 0 bridgehead atoms. The van der Waals surface area contributed by atoms with Gasteiger partial charge in [0.2, 0.25) is 6.41 Å². The molecule has 0 spiro atoms. The summed E-state index contributed by atoms with van der Waals surface area (Å²) in [5.41, 5.74) is 0. The van der Waals surface area contributed by atoms with E-state index in [1.165, 1.54) is 18.9 Å². The lowest BCUT2D eigenvalue weighted by molar-refractivity contribution is -0.109. The van der Waals surface area contributed by atoms with Crippen molar-refractivity contribution in [1.82, 2.24) is 5.32 Å². The standard InChI is InChI=1S/C10H23NO3Si2/c1-15-13-7-3-4-8-16(2,14-15)9-5-6-11-10-12/h10,15H,3-9H2,1-2H3,(H,11,12). The summed E-state index contributed by atoms with van der Waals surface area (Å²) in [6.07, 6.45) is 4.20. The molecule has 1 aliphatic heterocycles. The van der Waals surface area contributed by atoms with Crippen molar-refractivity contribution in [3.05, 3.63) is 0 Å². The molecular weight excluding hydrogens is 238 g/mol. The molecule has 1 amide bonds. The van der Waals surface area contributed by atoms with Crippen LogP contribution >= 0.6 is 0 Å². The third kappa shape index (κ3) is 5.24. The SMILES string of the molecule is C[SiH]1OCCCC[Si](C)(CCCNC=O)O1. The fourth-order valence-corrected chi connectivity index (χ4v) is 9.24. The Morgan fingerprint density at radius 2 is 2.31 bits per heavy atom. The van der Waals surface area contributed by atoms with E-state index in [4.69, 9.17) is 8.54 Å². The predicted octanol–water partition coefficient (Wildman–Crippen LogP) is 1.38. The van der Waals surface area contributed by atoms with Crippen LogP contribution in [-0.2, 0) is 13.3 Å². The van der Waals surface area contributed by atoms with Crippen LogP contribution in [0.3, 0.4) is 0 Å². The van der Waals surface area contributed by atoms with E-state index in [1.807, 2.05) is 0 Å². The Bertz CT molecular complexity index is 218. The number of carbonyl (C=O) groups is 1. The Kier molecular flexibility index (Phi) is 6.26. The van der Waals surface area contributed by atoms with Gasteiger partial charge < -0.3 is 13.9 Å². The van der Waals surface area contributed by atoms with Crippen molar-refractivity contribution in [2.45, 2.75) is 44.4 Å². The van der Waals surface area contributed by atoms with Crippen LogP contribution in [-0.4, -0.2) is 37.2 Å². The Balaban J connectivity index is 2.34. The van der Waals surface area contributed by atoms with Crippen LogP contribution < -0.4 is 5.32 Å². The minimum atomic E-state index is -1.55. The van der Waals surface area contributed by atoms with Crippen molar-refractivity contribution in [1.29, 1.82) is 0 Å². The first-order valence-electron chi connectivity index (χ1n) is 6.13. The van der Waals surface area contributed by atoms with Crippen LogP contribution in [0.4, 0.5) is 0 Å². The Hall–Kier alpha value is -0.176. The second kappa shape index (κ2) is 7.21. The molecule has 0 radical (unpaired) electrons. The van der Waals surface area contributed by atoms with Gasteiger partial charge in [-0.25, -0.2) is 0 Å². The van der Waals surface area contributed by atoms with Crippen molar-refractivity contribution in [3.63, 3.8) is 0 Å². The lowest BCUT2D eigenvalue weighted by Gasteiger charge is -2.32. The minimum absolute atomic E-state index is 0.767. The maximum absolute atomic E-state index is 10.1. The summed E-state index contributed by atoms with van der Waals surface area (Å²) >= 11 is 0. The summed E-state index contributed by atoms with van der Waals surface area (Å²) in [7, 11) is -2.93. The van der Waals surface area contributed by atoms with Gasteiger partial charge in [0.25, 0.3) is 0 Å². The van der Waals surface area contributed by atoms with Gasteiger partial charge in [0.15, 0.2) is 8.32 Å². The Labute approximate surface area is 101 Å². The number of amides is 1. The fourth-order valence-electron chi connectivity index (χ4n) is 2.15. The zero-order valence-corrected chi connectivity index (χ0v) is 12.5. The third-order valence-corrected chi connectivity index (χ3v) is 10.1. The molecule has 4 nitrogen and oxygen atoms in total. The second-order valence-electron chi connectivity index (χ2n) is 4.64. The predicted molar refractivity (Wildman–Crippen MR) is 69.2 cm³/mol. The number of rotatable bonds is 5. The van der Waals surface area contributed by atoms with Gasteiger partial charge in [-0.1, -0.05) is 6.42 Å². The van der Waals surface area contributed by atoms with Crippen molar-refractivity contribution < 1.29 is 13.3 Å². The molecule has 0 saturated carbocycles. The highest BCUT2D eigenvalue weighted by atomic mass is 28.4. The van der Waals surface area contributed by atoms with Gasteiger partial charge in [0.05, 0.1) is 0 Å². The highest BCUT2D eigenvalue weighted by molar-refractivity contribution is 6.78. The molecule has 94 valence electrons. The van der Waals surface area contributed by atoms with E-state index in [1.54, 1.807) is 0 Å². The largest absolute Gasteiger partial charge is 0.438 e. The molecule has 0 aromatic rings. The first kappa shape index (κ1) is 13.9. The third-order valence-electron chi connectivity index (χ3n) is 3.01. The molecule has 0 aromatic carbocycles. The quantitative estimate of drug-likeness (QED) is 0.462. The van der Waals surface area contributed by atoms with Crippen molar-refractivity contribution >= 4 is 24.0 Å². The topological polar surface area (TPSA) is 47.6 Å². The zero-order chi connectivity index (χ0) is 11.9. The molecule has 0 aromatic heterocycles. The van der Waals surface area contributed by atoms with E-state index >= 15 is 0 Å². The number of hydrogen-bond donors (Lipinski definition) is 1. The first-order valence-corrected chi connectivity index (χ1v) is 11.0. The maximum atomic E-state index is 10.1. The number of nitrogens with one attached hydrogen (secondary N) is 1. The normalized spacial score (nSPS) is 31.5. The van der Waals surface area contributed by atoms with E-state index in [0.717, 1.165) is 32.0 Å². The average Bonchev–Trinajstić information content (AvgIpc) is 2.22. The van der Waals surface area contributed by atoms with Crippen molar-refractivity contribution in [2.75, 3.05) is 13.2 Å². The highest BCUT2D eigenvalue weighted by Crippen LogP contribution is 2.24. The van der Waals surface area contributed by atoms with Crippen molar-refractivity contribution in [2.24, 2.45) is 0 Å². The summed E-state index contributed by atoms with van der Waals surface area (Å²) in [5.74, 6) is 0. The van der Waals surface area contributed by atoms with Crippen LogP contribution in [0.15, 0.2) is 0 Å². The van der Waals surface area contributed by atoms with E-state index in [0.29, 0.717) is 0 Å². The molecule has 2 unspecified atom stereocenters. The van der Waals surface area contributed by atoms with Crippen LogP contribution in [0.5, 0.6) is 0 Å². The van der Waals surface area contributed by atoms with Gasteiger partial charge in [0.1, 0.15) is 0 Å². The first-order chi connectivity index (χ1) is 7.66. The molecule has 16 heavy (non-hydrogen) atoms. The number of hydrogen-bond acceptors (Lipinski definition) is 3. The Morgan fingerprint density at radius 3 is 3.06 bits per heavy atom. The summed E-state index contributed by atoms with van der Waals surface area (Å²) in [6, 6.07) is 2.38. The lowest BCUT2D eigenvalue weighted by Crippen LogP contribution is -2.42. The molecule has 1 fully saturated rings. The van der Waals surface area contributed by atoms with E-state index < -0.39 is 17.6 Å². The molecular formula is C10H23NO3Si2. The fraction of sp³-hybridized carbons (Fsp3) is 0.900. The van der Waals surface area contributed by atoms with Gasteiger partial charge in [-0.15, -0.1) is 0 Å². The van der Waals surface area contributed by atoms with E-state index in [-0.39, 0.29) is 0 Å². The monoisotopic (exact) mass is 261 g/mol. The molecule has 1 N–H and O–H groups in total. The highest BCUT2D eigenvalue weighted by Gasteiger charge is 2.31. The smallest absolute Gasteiger partial charge is 0.307 e. The van der Waals surface area contributed by atoms with E-state index in [2.05, 4.69) is 18.4 Å². The van der Waals surface area contributed by atoms with E-state index in [9.17, 15) is 4.79 Å².